The van der Waals surface area contributed by atoms with Gasteiger partial charge in [-0.25, -0.2) is 9.37 Å². The first-order valence-electron chi connectivity index (χ1n) is 11.6. The van der Waals surface area contributed by atoms with Crippen molar-refractivity contribution < 1.29 is 9.18 Å². The number of likely N-dealkylation sites (N-methyl/N-ethyl adjacent to an activating group) is 1. The van der Waals surface area contributed by atoms with E-state index in [0.717, 1.165) is 37.3 Å². The molecule has 0 bridgehead atoms. The predicted octanol–water partition coefficient (Wildman–Crippen LogP) is 4.61. The van der Waals surface area contributed by atoms with Crippen LogP contribution < -0.4 is 10.2 Å². The summed E-state index contributed by atoms with van der Waals surface area (Å²) in [5.41, 5.74) is 3.74. The van der Waals surface area contributed by atoms with Crippen LogP contribution in [-0.4, -0.2) is 64.1 Å². The number of aromatic amines is 1. The van der Waals surface area contributed by atoms with Gasteiger partial charge < -0.3 is 15.1 Å². The van der Waals surface area contributed by atoms with Crippen LogP contribution in [0.1, 0.15) is 5.56 Å². The van der Waals surface area contributed by atoms with Gasteiger partial charge in [0.05, 0.1) is 16.8 Å². The number of ketones is 1. The Hall–Kier alpha value is -3.82. The lowest BCUT2D eigenvalue weighted by molar-refractivity contribution is -0.114. The molecule has 2 aromatic carbocycles. The van der Waals surface area contributed by atoms with E-state index in [2.05, 4.69) is 39.0 Å². The van der Waals surface area contributed by atoms with Gasteiger partial charge in [-0.2, -0.15) is 10.1 Å². The van der Waals surface area contributed by atoms with Crippen molar-refractivity contribution in [1.82, 2.24) is 25.1 Å². The number of anilines is 3. The van der Waals surface area contributed by atoms with E-state index in [-0.39, 0.29) is 18.0 Å². The van der Waals surface area contributed by atoms with Gasteiger partial charge in [0.2, 0.25) is 5.95 Å². The normalized spacial score (nSPS) is 14.2. The highest BCUT2D eigenvalue weighted by Gasteiger charge is 2.19. The molecule has 0 amide bonds. The Kier molecular flexibility index (Phi) is 6.67. The summed E-state index contributed by atoms with van der Waals surface area (Å²) in [7, 11) is 2.06. The van der Waals surface area contributed by atoms with Crippen LogP contribution >= 0.6 is 11.6 Å². The molecule has 36 heavy (non-hydrogen) atoms. The second-order valence-electron chi connectivity index (χ2n) is 8.76. The number of piperazine rings is 1. The molecule has 2 aromatic heterocycles. The SMILES string of the molecule is C=CC(=O)Cc1cccc(-c2nc(Nc3ccc(F)c(N4CCN(C)CC4)c3)nc3n[nH]c(Cl)c23)c1. The topological polar surface area (TPSA) is 90.0 Å². The van der Waals surface area contributed by atoms with Crippen LogP contribution in [0.25, 0.3) is 22.3 Å². The van der Waals surface area contributed by atoms with E-state index in [4.69, 9.17) is 16.6 Å². The average molecular weight is 506 g/mol. The van der Waals surface area contributed by atoms with Gasteiger partial charge in [-0.1, -0.05) is 36.4 Å². The predicted molar refractivity (Wildman–Crippen MR) is 140 cm³/mol. The fourth-order valence-electron chi connectivity index (χ4n) is 4.27. The molecule has 10 heteroatoms. The summed E-state index contributed by atoms with van der Waals surface area (Å²) < 4.78 is 14.7. The monoisotopic (exact) mass is 505 g/mol. The van der Waals surface area contributed by atoms with E-state index in [0.29, 0.717) is 39.2 Å². The maximum atomic E-state index is 14.7. The van der Waals surface area contributed by atoms with Gasteiger partial charge in [0.15, 0.2) is 11.4 Å². The van der Waals surface area contributed by atoms with Gasteiger partial charge in [0.25, 0.3) is 0 Å². The third-order valence-electron chi connectivity index (χ3n) is 6.22. The molecule has 1 saturated heterocycles. The molecule has 1 aliphatic heterocycles. The highest BCUT2D eigenvalue weighted by Crippen LogP contribution is 2.33. The van der Waals surface area contributed by atoms with Crippen LogP contribution in [0.4, 0.5) is 21.7 Å². The van der Waals surface area contributed by atoms with Crippen LogP contribution in [0.3, 0.4) is 0 Å². The van der Waals surface area contributed by atoms with E-state index in [1.807, 2.05) is 29.2 Å². The molecular formula is C26H25ClFN7O. The average Bonchev–Trinajstić information content (AvgIpc) is 3.26. The molecule has 0 aliphatic carbocycles. The number of nitrogens with zero attached hydrogens (tertiary/aromatic N) is 5. The van der Waals surface area contributed by atoms with E-state index in [9.17, 15) is 9.18 Å². The number of fused-ring (bicyclic) bond motifs is 1. The summed E-state index contributed by atoms with van der Waals surface area (Å²) in [5.74, 6) is -0.0487. The van der Waals surface area contributed by atoms with Crippen molar-refractivity contribution in [1.29, 1.82) is 0 Å². The van der Waals surface area contributed by atoms with Crippen LogP contribution in [0.15, 0.2) is 55.1 Å². The molecule has 2 N–H and O–H groups in total. The van der Waals surface area contributed by atoms with Gasteiger partial charge >= 0.3 is 0 Å². The number of hydrogen-bond donors (Lipinski definition) is 2. The molecule has 0 radical (unpaired) electrons. The second kappa shape index (κ2) is 10.0. The molecular weight excluding hydrogens is 481 g/mol. The Balaban J connectivity index is 1.50. The molecule has 1 fully saturated rings. The van der Waals surface area contributed by atoms with Gasteiger partial charge in [0.1, 0.15) is 11.0 Å². The van der Waals surface area contributed by atoms with E-state index in [1.54, 1.807) is 12.1 Å². The zero-order chi connectivity index (χ0) is 25.2. The molecule has 0 unspecified atom stereocenters. The number of hydrogen-bond acceptors (Lipinski definition) is 7. The number of benzene rings is 2. The van der Waals surface area contributed by atoms with Crippen molar-refractivity contribution in [2.45, 2.75) is 6.42 Å². The van der Waals surface area contributed by atoms with E-state index in [1.165, 1.54) is 12.1 Å². The fraction of sp³-hybridized carbons (Fsp3) is 0.231. The van der Waals surface area contributed by atoms with E-state index < -0.39 is 0 Å². The van der Waals surface area contributed by atoms with Crippen molar-refractivity contribution in [3.05, 3.63) is 71.7 Å². The maximum absolute atomic E-state index is 14.7. The molecule has 5 rings (SSSR count). The molecule has 0 spiro atoms. The second-order valence-corrected chi connectivity index (χ2v) is 9.14. The van der Waals surface area contributed by atoms with Gasteiger partial charge in [0, 0.05) is 43.9 Å². The molecule has 3 heterocycles. The highest BCUT2D eigenvalue weighted by atomic mass is 35.5. The number of allylic oxidation sites excluding steroid dienone is 1. The molecule has 184 valence electrons. The first kappa shape index (κ1) is 23.9. The standard InChI is InChI=1S/C26H25ClFN7O/c1-3-19(36)14-16-5-4-6-17(13-16)23-22-24(27)32-33-25(22)31-26(30-23)29-18-7-8-20(28)21(15-18)35-11-9-34(2)10-12-35/h3-8,13,15H,1,9-12,14H2,2H3,(H2,29,30,31,32,33). The molecule has 1 aliphatic rings. The summed E-state index contributed by atoms with van der Waals surface area (Å²) in [6.07, 6.45) is 1.55. The number of aromatic nitrogens is 4. The lowest BCUT2D eigenvalue weighted by atomic mass is 10.0. The fourth-order valence-corrected chi connectivity index (χ4v) is 4.48. The number of halogens is 2. The van der Waals surface area contributed by atoms with Gasteiger partial charge in [-0.3, -0.25) is 9.89 Å². The number of H-pyrrole nitrogens is 1. The Bertz CT molecular complexity index is 1450. The third-order valence-corrected chi connectivity index (χ3v) is 6.50. The number of carbonyl (C=O) groups excluding carboxylic acids is 1. The van der Waals surface area contributed by atoms with Gasteiger partial charge in [-0.05, 0) is 43.0 Å². The molecule has 8 nitrogen and oxygen atoms in total. The number of carbonyl (C=O) groups is 1. The Morgan fingerprint density at radius 2 is 2.00 bits per heavy atom. The molecule has 0 saturated carbocycles. The molecule has 4 aromatic rings. The summed E-state index contributed by atoms with van der Waals surface area (Å²) in [4.78, 5) is 25.4. The van der Waals surface area contributed by atoms with Crippen molar-refractivity contribution in [3.8, 4) is 11.3 Å². The smallest absolute Gasteiger partial charge is 0.229 e. The summed E-state index contributed by atoms with van der Waals surface area (Å²) in [6, 6.07) is 12.4. The van der Waals surface area contributed by atoms with Crippen molar-refractivity contribution in [2.24, 2.45) is 0 Å². The summed E-state index contributed by atoms with van der Waals surface area (Å²) >= 11 is 6.38. The lowest BCUT2D eigenvalue weighted by Gasteiger charge is -2.34. The van der Waals surface area contributed by atoms with Crippen LogP contribution in [0.2, 0.25) is 5.15 Å². The van der Waals surface area contributed by atoms with Crippen LogP contribution in [0, 0.1) is 5.82 Å². The Labute approximate surface area is 212 Å². The van der Waals surface area contributed by atoms with Crippen molar-refractivity contribution in [2.75, 3.05) is 43.4 Å². The first-order valence-corrected chi connectivity index (χ1v) is 12.0. The minimum absolute atomic E-state index is 0.0730. The van der Waals surface area contributed by atoms with Crippen molar-refractivity contribution >= 4 is 45.7 Å². The molecule has 0 atom stereocenters. The van der Waals surface area contributed by atoms with E-state index >= 15 is 0 Å². The maximum Gasteiger partial charge on any atom is 0.229 e. The quantitative estimate of drug-likeness (QED) is 0.355. The Morgan fingerprint density at radius 3 is 2.78 bits per heavy atom. The minimum atomic E-state index is -0.271. The zero-order valence-corrected chi connectivity index (χ0v) is 20.5. The summed E-state index contributed by atoms with van der Waals surface area (Å²) in [5, 5.41) is 11.1. The highest BCUT2D eigenvalue weighted by molar-refractivity contribution is 6.35. The van der Waals surface area contributed by atoms with Crippen LogP contribution in [-0.2, 0) is 11.2 Å². The minimum Gasteiger partial charge on any atom is -0.367 e. The van der Waals surface area contributed by atoms with Gasteiger partial charge in [-0.15, -0.1) is 0 Å². The Morgan fingerprint density at radius 1 is 1.19 bits per heavy atom. The third kappa shape index (κ3) is 4.93. The number of rotatable bonds is 7. The first-order chi connectivity index (χ1) is 17.4. The lowest BCUT2D eigenvalue weighted by Crippen LogP contribution is -2.44. The van der Waals surface area contributed by atoms with Crippen LogP contribution in [0.5, 0.6) is 0 Å². The number of nitrogens with one attached hydrogen (secondary N) is 2. The van der Waals surface area contributed by atoms with Crippen molar-refractivity contribution in [3.63, 3.8) is 0 Å². The zero-order valence-electron chi connectivity index (χ0n) is 19.8. The largest absolute Gasteiger partial charge is 0.367 e. The summed E-state index contributed by atoms with van der Waals surface area (Å²) in [6.45, 7) is 6.79.